The lowest BCUT2D eigenvalue weighted by molar-refractivity contribution is 0.148. The fourth-order valence-electron chi connectivity index (χ4n) is 1.84. The van der Waals surface area contributed by atoms with Crippen molar-refractivity contribution in [3.05, 3.63) is 35.3 Å². The van der Waals surface area contributed by atoms with Gasteiger partial charge in [-0.1, -0.05) is 0 Å². The largest absolute Gasteiger partial charge is 0.492 e. The van der Waals surface area contributed by atoms with Crippen LogP contribution >= 0.6 is 11.3 Å². The quantitative estimate of drug-likeness (QED) is 0.723. The molecule has 0 radical (unpaired) electrons. The van der Waals surface area contributed by atoms with Gasteiger partial charge in [0.25, 0.3) is 0 Å². The molecule has 2 aromatic rings. The van der Waals surface area contributed by atoms with E-state index in [1.165, 1.54) is 0 Å². The number of hydrogen-bond donors (Lipinski definition) is 1. The number of rotatable bonds is 9. The standard InChI is InChI=1S/C16H22N2O2S/c1-3-19-10-8-17-9-11-20-15-6-4-14(5-7-15)16-18-13(2)12-21-16/h4-7,12,17H,3,8-11H2,1-2H3. The van der Waals surface area contributed by atoms with Crippen molar-refractivity contribution in [1.82, 2.24) is 10.3 Å². The minimum Gasteiger partial charge on any atom is -0.492 e. The van der Waals surface area contributed by atoms with Crippen LogP contribution in [0.15, 0.2) is 29.6 Å². The van der Waals surface area contributed by atoms with Gasteiger partial charge in [0.2, 0.25) is 0 Å². The van der Waals surface area contributed by atoms with Gasteiger partial charge in [0.15, 0.2) is 0 Å². The van der Waals surface area contributed by atoms with E-state index in [9.17, 15) is 0 Å². The molecule has 1 aromatic carbocycles. The number of nitrogens with zero attached hydrogens (tertiary/aromatic N) is 1. The highest BCUT2D eigenvalue weighted by Gasteiger charge is 2.02. The van der Waals surface area contributed by atoms with Gasteiger partial charge in [-0.3, -0.25) is 0 Å². The average Bonchev–Trinajstić information content (AvgIpc) is 2.93. The smallest absolute Gasteiger partial charge is 0.123 e. The zero-order valence-electron chi connectivity index (χ0n) is 12.6. The molecule has 21 heavy (non-hydrogen) atoms. The van der Waals surface area contributed by atoms with E-state index in [0.717, 1.165) is 48.3 Å². The Labute approximate surface area is 130 Å². The Kier molecular flexibility index (Phi) is 6.66. The van der Waals surface area contributed by atoms with Crippen molar-refractivity contribution in [3.8, 4) is 16.3 Å². The van der Waals surface area contributed by atoms with Gasteiger partial charge in [-0.25, -0.2) is 4.98 Å². The first-order chi connectivity index (χ1) is 10.3. The minimum atomic E-state index is 0.655. The summed E-state index contributed by atoms with van der Waals surface area (Å²) < 4.78 is 10.9. The molecular formula is C16H22N2O2S. The van der Waals surface area contributed by atoms with E-state index >= 15 is 0 Å². The Morgan fingerprint density at radius 3 is 2.57 bits per heavy atom. The molecule has 0 spiro atoms. The van der Waals surface area contributed by atoms with Crippen molar-refractivity contribution in [2.24, 2.45) is 0 Å². The van der Waals surface area contributed by atoms with Crippen LogP contribution in [0.25, 0.3) is 10.6 Å². The Morgan fingerprint density at radius 2 is 1.90 bits per heavy atom. The van der Waals surface area contributed by atoms with Gasteiger partial charge in [-0.05, 0) is 38.1 Å². The fraction of sp³-hybridized carbons (Fsp3) is 0.438. The van der Waals surface area contributed by atoms with Crippen molar-refractivity contribution >= 4 is 11.3 Å². The summed E-state index contributed by atoms with van der Waals surface area (Å²) in [5, 5.41) is 6.39. The van der Waals surface area contributed by atoms with E-state index in [1.807, 2.05) is 26.0 Å². The van der Waals surface area contributed by atoms with Crippen LogP contribution < -0.4 is 10.1 Å². The monoisotopic (exact) mass is 306 g/mol. The molecule has 2 rings (SSSR count). The summed E-state index contributed by atoms with van der Waals surface area (Å²) in [6, 6.07) is 8.09. The van der Waals surface area contributed by atoms with Crippen molar-refractivity contribution in [2.75, 3.05) is 32.9 Å². The molecule has 0 saturated heterocycles. The number of ether oxygens (including phenoxy) is 2. The molecule has 0 atom stereocenters. The second-order valence-electron chi connectivity index (χ2n) is 4.61. The second kappa shape index (κ2) is 8.77. The van der Waals surface area contributed by atoms with Gasteiger partial charge >= 0.3 is 0 Å². The number of benzene rings is 1. The first kappa shape index (κ1) is 15.9. The van der Waals surface area contributed by atoms with E-state index in [1.54, 1.807) is 11.3 Å². The Morgan fingerprint density at radius 1 is 1.14 bits per heavy atom. The zero-order valence-corrected chi connectivity index (χ0v) is 13.4. The van der Waals surface area contributed by atoms with Gasteiger partial charge in [0.05, 0.1) is 6.61 Å². The normalized spacial score (nSPS) is 10.8. The third-order valence-electron chi connectivity index (χ3n) is 2.90. The topological polar surface area (TPSA) is 43.4 Å². The zero-order chi connectivity index (χ0) is 14.9. The van der Waals surface area contributed by atoms with Crippen molar-refractivity contribution < 1.29 is 9.47 Å². The number of thiazole rings is 1. The van der Waals surface area contributed by atoms with E-state index in [-0.39, 0.29) is 0 Å². The van der Waals surface area contributed by atoms with Crippen LogP contribution in [0, 0.1) is 6.92 Å². The Balaban J connectivity index is 1.70. The SMILES string of the molecule is CCOCCNCCOc1ccc(-c2nc(C)cs2)cc1. The highest BCUT2D eigenvalue weighted by molar-refractivity contribution is 7.13. The summed E-state index contributed by atoms with van der Waals surface area (Å²) >= 11 is 1.67. The number of aryl methyl sites for hydroxylation is 1. The molecule has 0 aliphatic heterocycles. The Bertz CT molecular complexity index is 525. The van der Waals surface area contributed by atoms with Crippen LogP contribution in [-0.4, -0.2) is 37.9 Å². The summed E-state index contributed by atoms with van der Waals surface area (Å²) in [5.74, 6) is 0.888. The fourth-order valence-corrected chi connectivity index (χ4v) is 2.64. The Hall–Kier alpha value is -1.43. The van der Waals surface area contributed by atoms with E-state index in [0.29, 0.717) is 6.61 Å². The van der Waals surface area contributed by atoms with Crippen LogP contribution in [0.2, 0.25) is 0 Å². The van der Waals surface area contributed by atoms with Crippen LogP contribution in [0.1, 0.15) is 12.6 Å². The van der Waals surface area contributed by atoms with E-state index in [2.05, 4.69) is 27.8 Å². The summed E-state index contributed by atoms with van der Waals surface area (Å²) in [7, 11) is 0. The summed E-state index contributed by atoms with van der Waals surface area (Å²) in [5.41, 5.74) is 2.20. The second-order valence-corrected chi connectivity index (χ2v) is 5.47. The van der Waals surface area contributed by atoms with Crippen LogP contribution in [0.4, 0.5) is 0 Å². The summed E-state index contributed by atoms with van der Waals surface area (Å²) in [6.07, 6.45) is 0. The first-order valence-corrected chi connectivity index (χ1v) is 8.11. The van der Waals surface area contributed by atoms with E-state index < -0.39 is 0 Å². The predicted molar refractivity (Wildman–Crippen MR) is 87.1 cm³/mol. The van der Waals surface area contributed by atoms with Crippen molar-refractivity contribution in [2.45, 2.75) is 13.8 Å². The van der Waals surface area contributed by atoms with Crippen LogP contribution in [-0.2, 0) is 4.74 Å². The minimum absolute atomic E-state index is 0.655. The molecule has 1 N–H and O–H groups in total. The van der Waals surface area contributed by atoms with Crippen molar-refractivity contribution in [1.29, 1.82) is 0 Å². The number of hydrogen-bond acceptors (Lipinski definition) is 5. The first-order valence-electron chi connectivity index (χ1n) is 7.23. The van der Waals surface area contributed by atoms with Crippen LogP contribution in [0.3, 0.4) is 0 Å². The number of aromatic nitrogens is 1. The predicted octanol–water partition coefficient (Wildman–Crippen LogP) is 3.12. The maximum atomic E-state index is 5.69. The molecule has 0 bridgehead atoms. The molecule has 0 fully saturated rings. The van der Waals surface area contributed by atoms with Crippen LogP contribution in [0.5, 0.6) is 5.75 Å². The van der Waals surface area contributed by atoms with Gasteiger partial charge < -0.3 is 14.8 Å². The summed E-state index contributed by atoms with van der Waals surface area (Å²) in [6.45, 7) is 7.86. The molecule has 0 aliphatic rings. The maximum absolute atomic E-state index is 5.69. The maximum Gasteiger partial charge on any atom is 0.123 e. The third-order valence-corrected chi connectivity index (χ3v) is 3.90. The molecule has 1 heterocycles. The molecule has 4 nitrogen and oxygen atoms in total. The third kappa shape index (κ3) is 5.46. The summed E-state index contributed by atoms with van der Waals surface area (Å²) in [4.78, 5) is 4.48. The highest BCUT2D eigenvalue weighted by Crippen LogP contribution is 2.25. The number of nitrogens with one attached hydrogen (secondary N) is 1. The van der Waals surface area contributed by atoms with Gasteiger partial charge in [0.1, 0.15) is 17.4 Å². The van der Waals surface area contributed by atoms with Gasteiger partial charge in [0, 0.05) is 36.3 Å². The molecule has 0 aliphatic carbocycles. The average molecular weight is 306 g/mol. The lowest BCUT2D eigenvalue weighted by Gasteiger charge is -2.08. The molecule has 114 valence electrons. The molecule has 5 heteroatoms. The van der Waals surface area contributed by atoms with Gasteiger partial charge in [-0.2, -0.15) is 0 Å². The highest BCUT2D eigenvalue weighted by atomic mass is 32.1. The molecule has 1 aromatic heterocycles. The van der Waals surface area contributed by atoms with E-state index in [4.69, 9.17) is 9.47 Å². The van der Waals surface area contributed by atoms with Gasteiger partial charge in [-0.15, -0.1) is 11.3 Å². The molecular weight excluding hydrogens is 284 g/mol. The molecule has 0 unspecified atom stereocenters. The lowest BCUT2D eigenvalue weighted by atomic mass is 10.2. The lowest BCUT2D eigenvalue weighted by Crippen LogP contribution is -2.24. The van der Waals surface area contributed by atoms with Crippen molar-refractivity contribution in [3.63, 3.8) is 0 Å². The molecule has 0 amide bonds. The molecule has 0 saturated carbocycles.